The van der Waals surface area contributed by atoms with E-state index < -0.39 is 0 Å². The highest BCUT2D eigenvalue weighted by atomic mass is 16.2. The lowest BCUT2D eigenvalue weighted by Gasteiger charge is -2.34. The van der Waals surface area contributed by atoms with E-state index in [0.29, 0.717) is 0 Å². The third-order valence-corrected chi connectivity index (χ3v) is 3.63. The molecule has 2 heterocycles. The Hall–Kier alpha value is -1.50. The lowest BCUT2D eigenvalue weighted by Crippen LogP contribution is -2.49. The molecule has 1 aromatic rings. The molecule has 18 heavy (non-hydrogen) atoms. The van der Waals surface area contributed by atoms with Crippen LogP contribution < -0.4 is 0 Å². The Morgan fingerprint density at radius 3 is 2.61 bits per heavy atom. The molecule has 1 aromatic heterocycles. The Morgan fingerprint density at radius 2 is 2.00 bits per heavy atom. The van der Waals surface area contributed by atoms with Gasteiger partial charge in [0.25, 0.3) is 0 Å². The predicted molar refractivity (Wildman–Crippen MR) is 63.6 cm³/mol. The fourth-order valence-electron chi connectivity index (χ4n) is 2.34. The number of amides is 1. The first kappa shape index (κ1) is 11.6. The number of carbonyl (C=O) groups is 1. The van der Waals surface area contributed by atoms with E-state index in [1.165, 1.54) is 30.4 Å². The minimum Gasteiger partial charge on any atom is -0.339 e. The van der Waals surface area contributed by atoms with Crippen LogP contribution in [0.4, 0.5) is 0 Å². The van der Waals surface area contributed by atoms with Crippen molar-refractivity contribution in [2.24, 2.45) is 5.92 Å². The van der Waals surface area contributed by atoms with Crippen LogP contribution in [0, 0.1) is 5.92 Å². The summed E-state index contributed by atoms with van der Waals surface area (Å²) in [5.41, 5.74) is 0. The molecule has 98 valence electrons. The Morgan fingerprint density at radius 1 is 1.22 bits per heavy atom. The van der Waals surface area contributed by atoms with Crippen molar-refractivity contribution in [3.63, 3.8) is 0 Å². The Balaban J connectivity index is 1.45. The fourth-order valence-corrected chi connectivity index (χ4v) is 2.34. The van der Waals surface area contributed by atoms with Crippen LogP contribution in [-0.2, 0) is 11.3 Å². The van der Waals surface area contributed by atoms with E-state index in [-0.39, 0.29) is 12.5 Å². The van der Waals surface area contributed by atoms with Crippen LogP contribution in [0.3, 0.4) is 0 Å². The van der Waals surface area contributed by atoms with E-state index in [1.807, 2.05) is 4.90 Å². The lowest BCUT2D eigenvalue weighted by molar-refractivity contribution is -0.133. The second kappa shape index (κ2) is 5.01. The van der Waals surface area contributed by atoms with E-state index >= 15 is 0 Å². The zero-order valence-electron chi connectivity index (χ0n) is 10.4. The molecule has 0 atom stereocenters. The van der Waals surface area contributed by atoms with Gasteiger partial charge in [0.15, 0.2) is 0 Å². The first-order chi connectivity index (χ1) is 8.81. The topological polar surface area (TPSA) is 67.2 Å². The largest absolute Gasteiger partial charge is 0.339 e. The van der Waals surface area contributed by atoms with Gasteiger partial charge in [0.1, 0.15) is 12.9 Å². The Kier molecular flexibility index (Phi) is 3.22. The van der Waals surface area contributed by atoms with Gasteiger partial charge in [0.2, 0.25) is 5.91 Å². The SMILES string of the molecule is O=C(Cn1cnnn1)N1CCN(CC2CC2)CC1. The number of piperazine rings is 1. The molecule has 0 radical (unpaired) electrons. The molecule has 7 nitrogen and oxygen atoms in total. The molecule has 1 amide bonds. The average Bonchev–Trinajstić information content (AvgIpc) is 3.04. The van der Waals surface area contributed by atoms with Gasteiger partial charge in [-0.15, -0.1) is 5.10 Å². The van der Waals surface area contributed by atoms with Gasteiger partial charge in [-0.1, -0.05) is 0 Å². The first-order valence-electron chi connectivity index (χ1n) is 6.52. The monoisotopic (exact) mass is 250 g/mol. The molecule has 0 spiro atoms. The minimum atomic E-state index is 0.105. The molecular formula is C11H18N6O. The fraction of sp³-hybridized carbons (Fsp3) is 0.818. The number of nitrogens with zero attached hydrogens (tertiary/aromatic N) is 6. The number of aromatic nitrogens is 4. The van der Waals surface area contributed by atoms with Gasteiger partial charge in [-0.25, -0.2) is 4.68 Å². The molecule has 0 N–H and O–H groups in total. The van der Waals surface area contributed by atoms with Crippen molar-refractivity contribution in [1.29, 1.82) is 0 Å². The predicted octanol–water partition coefficient (Wildman–Crippen LogP) is -0.773. The summed E-state index contributed by atoms with van der Waals surface area (Å²) in [5.74, 6) is 1.03. The van der Waals surface area contributed by atoms with Crippen molar-refractivity contribution in [3.05, 3.63) is 6.33 Å². The second-order valence-corrected chi connectivity index (χ2v) is 5.13. The van der Waals surface area contributed by atoms with Crippen LogP contribution >= 0.6 is 0 Å². The molecule has 1 aliphatic carbocycles. The summed E-state index contributed by atoms with van der Waals surface area (Å²) < 4.78 is 1.47. The third-order valence-electron chi connectivity index (χ3n) is 3.63. The van der Waals surface area contributed by atoms with Crippen LogP contribution in [-0.4, -0.2) is 68.6 Å². The van der Waals surface area contributed by atoms with Gasteiger partial charge in [-0.05, 0) is 29.2 Å². The maximum Gasteiger partial charge on any atom is 0.244 e. The minimum absolute atomic E-state index is 0.105. The standard InChI is InChI=1S/C11H18N6O/c18-11(8-17-9-12-13-14-17)16-5-3-15(4-6-16)7-10-1-2-10/h9-10H,1-8H2. The summed E-state index contributed by atoms with van der Waals surface area (Å²) in [5, 5.41) is 10.8. The summed E-state index contributed by atoms with van der Waals surface area (Å²) in [7, 11) is 0. The van der Waals surface area contributed by atoms with Crippen molar-refractivity contribution in [3.8, 4) is 0 Å². The number of tetrazole rings is 1. The normalized spacial score (nSPS) is 21.2. The van der Waals surface area contributed by atoms with Crippen molar-refractivity contribution in [2.75, 3.05) is 32.7 Å². The van der Waals surface area contributed by atoms with E-state index in [0.717, 1.165) is 32.1 Å². The van der Waals surface area contributed by atoms with Gasteiger partial charge in [0, 0.05) is 32.7 Å². The lowest BCUT2D eigenvalue weighted by atomic mass is 10.2. The molecule has 0 aromatic carbocycles. The molecule has 0 unspecified atom stereocenters. The highest BCUT2D eigenvalue weighted by Gasteiger charge is 2.27. The van der Waals surface area contributed by atoms with Gasteiger partial charge < -0.3 is 4.90 Å². The van der Waals surface area contributed by atoms with E-state index in [9.17, 15) is 4.79 Å². The molecule has 1 saturated carbocycles. The van der Waals surface area contributed by atoms with Crippen LogP contribution in [0.2, 0.25) is 0 Å². The zero-order valence-corrected chi connectivity index (χ0v) is 10.4. The van der Waals surface area contributed by atoms with E-state index in [4.69, 9.17) is 0 Å². The summed E-state index contributed by atoms with van der Waals surface area (Å²) >= 11 is 0. The molecule has 2 fully saturated rings. The summed E-state index contributed by atoms with van der Waals surface area (Å²) in [6.45, 7) is 5.11. The number of rotatable bonds is 4. The van der Waals surface area contributed by atoms with E-state index in [1.54, 1.807) is 0 Å². The van der Waals surface area contributed by atoms with Crippen LogP contribution in [0.5, 0.6) is 0 Å². The first-order valence-corrected chi connectivity index (χ1v) is 6.52. The molecule has 1 saturated heterocycles. The molecule has 3 rings (SSSR count). The average molecular weight is 250 g/mol. The van der Waals surface area contributed by atoms with Crippen LogP contribution in [0.15, 0.2) is 6.33 Å². The number of carbonyl (C=O) groups excluding carboxylic acids is 1. The third kappa shape index (κ3) is 2.84. The van der Waals surface area contributed by atoms with E-state index in [2.05, 4.69) is 20.4 Å². The highest BCUT2D eigenvalue weighted by molar-refractivity contribution is 5.75. The quantitative estimate of drug-likeness (QED) is 0.702. The molecule has 7 heteroatoms. The molecule has 2 aliphatic rings. The molecule has 0 bridgehead atoms. The zero-order chi connectivity index (χ0) is 12.4. The van der Waals surface area contributed by atoms with Crippen LogP contribution in [0.25, 0.3) is 0 Å². The maximum absolute atomic E-state index is 12.0. The van der Waals surface area contributed by atoms with Crippen molar-refractivity contribution >= 4 is 5.91 Å². The van der Waals surface area contributed by atoms with Crippen molar-refractivity contribution < 1.29 is 4.79 Å². The molecular weight excluding hydrogens is 232 g/mol. The van der Waals surface area contributed by atoms with Gasteiger partial charge in [-0.3, -0.25) is 9.69 Å². The van der Waals surface area contributed by atoms with Crippen LogP contribution in [0.1, 0.15) is 12.8 Å². The summed E-state index contributed by atoms with van der Waals surface area (Å²) in [4.78, 5) is 16.4. The van der Waals surface area contributed by atoms with Crippen molar-refractivity contribution in [1.82, 2.24) is 30.0 Å². The smallest absolute Gasteiger partial charge is 0.244 e. The maximum atomic E-state index is 12.0. The second-order valence-electron chi connectivity index (χ2n) is 5.13. The summed E-state index contributed by atoms with van der Waals surface area (Å²) in [6, 6.07) is 0. The highest BCUT2D eigenvalue weighted by Crippen LogP contribution is 2.29. The number of hydrogen-bond donors (Lipinski definition) is 0. The number of hydrogen-bond acceptors (Lipinski definition) is 5. The van der Waals surface area contributed by atoms with Gasteiger partial charge in [0.05, 0.1) is 0 Å². The summed E-state index contributed by atoms with van der Waals surface area (Å²) in [6.07, 6.45) is 4.25. The molecule has 1 aliphatic heterocycles. The Labute approximate surface area is 106 Å². The van der Waals surface area contributed by atoms with Crippen molar-refractivity contribution in [2.45, 2.75) is 19.4 Å². The van der Waals surface area contributed by atoms with Gasteiger partial charge >= 0.3 is 0 Å². The van der Waals surface area contributed by atoms with Gasteiger partial charge in [-0.2, -0.15) is 0 Å². The Bertz CT molecular complexity index is 394.